The highest BCUT2D eigenvalue weighted by Gasteiger charge is 2.78. The fourth-order valence-electron chi connectivity index (χ4n) is 11.1. The molecule has 1 aliphatic heterocycles. The topological polar surface area (TPSA) is 199 Å². The van der Waals surface area contributed by atoms with Crippen molar-refractivity contribution in [1.82, 2.24) is 0 Å². The molecule has 2 aromatic rings. The number of aliphatic hydroxyl groups is 2. The van der Waals surface area contributed by atoms with Crippen molar-refractivity contribution in [2.45, 2.75) is 160 Å². The monoisotopic (exact) mass is 893 g/mol. The Hall–Kier alpha value is -3.80. The number of hydrogen-bond acceptors (Lipinski definition) is 14. The SMILES string of the molecule is CCOC(C)O[C@@H](C(=O)O[C@H]1C[C@@]2(O)[C@@H](OC(=O)c3ccccc3)[C@@H]3[C@]4(OC(C)=O)CO[C@@H]4C[C@H](O[Si](CC)(CC)CC)[C@@]3(C)C(=O)[C@H](O)C(=C1C)C2(C)C)[C@@H](N)c1ccccc1. The third kappa shape index (κ3) is 8.37. The largest absolute Gasteiger partial charge is 0.456 e. The summed E-state index contributed by atoms with van der Waals surface area (Å²) in [6.07, 6.45) is -9.08. The zero-order valence-corrected chi connectivity index (χ0v) is 39.4. The first-order valence-electron chi connectivity index (χ1n) is 22.4. The van der Waals surface area contributed by atoms with E-state index in [1.54, 1.807) is 96.1 Å². The number of benzene rings is 2. The quantitative estimate of drug-likeness (QED) is 0.0572. The number of carbonyl (C=O) groups excluding carboxylic acids is 4. The molecule has 2 aromatic carbocycles. The van der Waals surface area contributed by atoms with E-state index in [1.165, 1.54) is 6.92 Å². The Kier molecular flexibility index (Phi) is 14.4. The molecule has 3 aliphatic carbocycles. The maximum absolute atomic E-state index is 15.8. The van der Waals surface area contributed by atoms with Gasteiger partial charge in [0.25, 0.3) is 0 Å². The predicted molar refractivity (Wildman–Crippen MR) is 234 cm³/mol. The molecule has 4 aliphatic rings. The first kappa shape index (κ1) is 48.6. The summed E-state index contributed by atoms with van der Waals surface area (Å²) in [7, 11) is -2.55. The zero-order valence-electron chi connectivity index (χ0n) is 38.4. The van der Waals surface area contributed by atoms with Gasteiger partial charge in [0.1, 0.15) is 30.0 Å². The Morgan fingerprint density at radius 3 is 2.10 bits per heavy atom. The molecular weight excluding hydrogens is 827 g/mol. The highest BCUT2D eigenvalue weighted by Crippen LogP contribution is 2.65. The highest BCUT2D eigenvalue weighted by atomic mass is 28.4. The number of nitrogens with two attached hydrogens (primary N) is 1. The van der Waals surface area contributed by atoms with E-state index in [4.69, 9.17) is 38.6 Å². The van der Waals surface area contributed by atoms with Crippen molar-refractivity contribution in [1.29, 1.82) is 0 Å². The molecule has 2 saturated carbocycles. The van der Waals surface area contributed by atoms with Gasteiger partial charge in [-0.25, -0.2) is 9.59 Å². The third-order valence-corrected chi connectivity index (χ3v) is 19.6. The Morgan fingerprint density at radius 1 is 0.952 bits per heavy atom. The maximum atomic E-state index is 15.8. The van der Waals surface area contributed by atoms with E-state index in [2.05, 4.69) is 20.8 Å². The maximum Gasteiger partial charge on any atom is 0.338 e. The number of ketones is 1. The number of rotatable bonds is 16. The standard InChI is InChI=1S/C48H67NO13Si/c1-11-56-30(7)58-39(37(49)31-21-17-15-18-22-31)44(54)59-33-26-48(55)42(60-43(53)32-23-19-16-20-24-32)40-46(10,41(52)38(51)36(28(33)5)45(48,8)9)34(62-63(12-2,13-3)14-4)25-35-47(40,27-57-35)61-29(6)50/h15-24,30,33-35,37-40,42,51,55H,11-14,25-27,49H2,1-10H3/t30?,33-,34-,35+,37-,38+,39+,40-,42-,46+,47-,48+/m0/s1. The van der Waals surface area contributed by atoms with Crippen LogP contribution in [0.3, 0.4) is 0 Å². The van der Waals surface area contributed by atoms with Crippen molar-refractivity contribution >= 4 is 32.0 Å². The number of fused-ring (bicyclic) bond motifs is 5. The second-order valence-electron chi connectivity index (χ2n) is 18.4. The van der Waals surface area contributed by atoms with Crippen LogP contribution in [0.5, 0.6) is 0 Å². The Labute approximate surface area is 372 Å². The van der Waals surface area contributed by atoms with E-state index in [0.717, 1.165) is 18.1 Å². The third-order valence-electron chi connectivity index (χ3n) is 15.0. The lowest BCUT2D eigenvalue weighted by Gasteiger charge is -2.68. The fraction of sp³-hybridized carbons (Fsp3) is 0.625. The summed E-state index contributed by atoms with van der Waals surface area (Å²) < 4.78 is 44.5. The van der Waals surface area contributed by atoms with Gasteiger partial charge in [-0.1, -0.05) is 83.1 Å². The molecule has 1 saturated heterocycles. The highest BCUT2D eigenvalue weighted by molar-refractivity contribution is 6.73. The van der Waals surface area contributed by atoms with Crippen molar-refractivity contribution in [2.75, 3.05) is 13.2 Å². The molecule has 0 aromatic heterocycles. The van der Waals surface area contributed by atoms with Crippen LogP contribution >= 0.6 is 0 Å². The van der Waals surface area contributed by atoms with Gasteiger partial charge in [0.05, 0.1) is 35.6 Å². The number of Topliss-reactive ketones (excluding diaryl/α,β-unsaturated/α-hetero) is 1. The van der Waals surface area contributed by atoms with Crippen molar-refractivity contribution in [2.24, 2.45) is 22.5 Å². The number of aliphatic hydroxyl groups excluding tert-OH is 1. The van der Waals surface area contributed by atoms with Gasteiger partial charge in [-0.05, 0) is 74.7 Å². The summed E-state index contributed by atoms with van der Waals surface area (Å²) in [5.74, 6) is -4.39. The van der Waals surface area contributed by atoms with E-state index in [1.807, 2.05) is 6.07 Å². The van der Waals surface area contributed by atoms with Gasteiger partial charge in [-0.2, -0.15) is 0 Å². The van der Waals surface area contributed by atoms with E-state index in [9.17, 15) is 24.6 Å². The van der Waals surface area contributed by atoms with E-state index in [-0.39, 0.29) is 30.6 Å². The van der Waals surface area contributed by atoms with E-state index in [0.29, 0.717) is 17.7 Å². The minimum atomic E-state index is -2.55. The number of ether oxygens (including phenoxy) is 6. The fourth-order valence-corrected chi connectivity index (χ4v) is 14.0. The average molecular weight is 894 g/mol. The van der Waals surface area contributed by atoms with Gasteiger partial charge in [0.2, 0.25) is 0 Å². The molecule has 1 heterocycles. The van der Waals surface area contributed by atoms with Crippen molar-refractivity contribution in [3.05, 3.63) is 82.9 Å². The van der Waals surface area contributed by atoms with Crippen LogP contribution in [0, 0.1) is 16.7 Å². The Balaban J connectivity index is 1.58. The summed E-state index contributed by atoms with van der Waals surface area (Å²) >= 11 is 0. The molecule has 6 rings (SSSR count). The van der Waals surface area contributed by atoms with Gasteiger partial charge < -0.3 is 48.8 Å². The molecule has 3 fully saturated rings. The molecule has 14 nitrogen and oxygen atoms in total. The van der Waals surface area contributed by atoms with Crippen molar-refractivity contribution in [3.8, 4) is 0 Å². The van der Waals surface area contributed by atoms with Gasteiger partial charge in [0, 0.05) is 31.8 Å². The van der Waals surface area contributed by atoms with Crippen LogP contribution in [0.1, 0.15) is 104 Å². The van der Waals surface area contributed by atoms with Crippen LogP contribution in [-0.4, -0.2) is 110 Å². The summed E-state index contributed by atoms with van der Waals surface area (Å²) in [6.45, 7) is 17.6. The lowest BCUT2D eigenvalue weighted by atomic mass is 9.44. The predicted octanol–water partition coefficient (Wildman–Crippen LogP) is 6.13. The van der Waals surface area contributed by atoms with E-state index < -0.39 is 109 Å². The summed E-state index contributed by atoms with van der Waals surface area (Å²) in [5, 5.41) is 26.7. The van der Waals surface area contributed by atoms with Crippen LogP contribution in [0.15, 0.2) is 71.8 Å². The van der Waals surface area contributed by atoms with Gasteiger partial charge >= 0.3 is 17.9 Å². The molecule has 0 amide bonds. The molecular formula is C48H67NO13Si. The molecule has 346 valence electrons. The van der Waals surface area contributed by atoms with E-state index >= 15 is 4.79 Å². The van der Waals surface area contributed by atoms with Crippen LogP contribution in [-0.2, 0) is 47.2 Å². The number of esters is 3. The molecule has 0 radical (unpaired) electrons. The first-order valence-corrected chi connectivity index (χ1v) is 24.9. The number of hydrogen-bond donors (Lipinski definition) is 3. The van der Waals surface area contributed by atoms with Crippen molar-refractivity contribution in [3.63, 3.8) is 0 Å². The first-order chi connectivity index (χ1) is 29.7. The van der Waals surface area contributed by atoms with Crippen LogP contribution < -0.4 is 5.73 Å². The van der Waals surface area contributed by atoms with Crippen LogP contribution in [0.4, 0.5) is 0 Å². The average Bonchev–Trinajstić information content (AvgIpc) is 3.25. The molecule has 0 spiro atoms. The second-order valence-corrected chi connectivity index (χ2v) is 23.2. The molecule has 4 N–H and O–H groups in total. The Bertz CT molecular complexity index is 2020. The minimum absolute atomic E-state index is 0.101. The zero-order chi connectivity index (χ0) is 46.3. The van der Waals surface area contributed by atoms with Crippen LogP contribution in [0.25, 0.3) is 0 Å². The van der Waals surface area contributed by atoms with Gasteiger partial charge in [-0.15, -0.1) is 0 Å². The molecule has 15 heteroatoms. The van der Waals surface area contributed by atoms with Gasteiger partial charge in [0.15, 0.2) is 32.1 Å². The molecule has 1 unspecified atom stereocenters. The summed E-state index contributed by atoms with van der Waals surface area (Å²) in [5.41, 5.74) is 0.762. The van der Waals surface area contributed by atoms with Crippen molar-refractivity contribution < 1.29 is 62.2 Å². The minimum Gasteiger partial charge on any atom is -0.456 e. The number of carbonyl (C=O) groups is 4. The second kappa shape index (κ2) is 18.6. The summed E-state index contributed by atoms with van der Waals surface area (Å²) in [4.78, 5) is 58.2. The normalized spacial score (nSPS) is 32.7. The van der Waals surface area contributed by atoms with Gasteiger partial charge in [-0.3, -0.25) is 9.59 Å². The smallest absolute Gasteiger partial charge is 0.338 e. The summed E-state index contributed by atoms with van der Waals surface area (Å²) in [6, 6.07) is 18.3. The van der Waals surface area contributed by atoms with Crippen LogP contribution in [0.2, 0.25) is 18.1 Å². The Morgan fingerprint density at radius 2 is 1.56 bits per heavy atom. The molecule has 2 bridgehead atoms. The molecule has 12 atom stereocenters. The lowest BCUT2D eigenvalue weighted by molar-refractivity contribution is -0.344. The lowest BCUT2D eigenvalue weighted by Crippen LogP contribution is -2.82. The molecule has 63 heavy (non-hydrogen) atoms.